The summed E-state index contributed by atoms with van der Waals surface area (Å²) < 4.78 is 7.02. The third-order valence-corrected chi connectivity index (χ3v) is 6.18. The molecule has 5 rings (SSSR count). The lowest BCUT2D eigenvalue weighted by atomic mass is 9.95. The van der Waals surface area contributed by atoms with E-state index in [1.165, 1.54) is 5.56 Å². The van der Waals surface area contributed by atoms with Crippen molar-refractivity contribution in [3.63, 3.8) is 0 Å². The Kier molecular flexibility index (Phi) is 4.21. The number of thiophene rings is 1. The molecule has 0 radical (unpaired) electrons. The van der Waals surface area contributed by atoms with Crippen molar-refractivity contribution in [3.8, 4) is 0 Å². The molecule has 0 bridgehead atoms. The molecule has 142 valence electrons. The van der Waals surface area contributed by atoms with E-state index in [4.69, 9.17) is 9.72 Å². The third kappa shape index (κ3) is 3.21. The fourth-order valence-electron chi connectivity index (χ4n) is 3.59. The maximum absolute atomic E-state index is 5.96. The number of pyridine rings is 2. The second-order valence-electron chi connectivity index (χ2n) is 7.71. The van der Waals surface area contributed by atoms with Gasteiger partial charge in [-0.1, -0.05) is 0 Å². The van der Waals surface area contributed by atoms with Crippen LogP contribution < -0.4 is 5.32 Å². The summed E-state index contributed by atoms with van der Waals surface area (Å²) in [7, 11) is 0. The van der Waals surface area contributed by atoms with E-state index in [0.717, 1.165) is 56.9 Å². The Labute approximate surface area is 167 Å². The van der Waals surface area contributed by atoms with Crippen LogP contribution in [0.5, 0.6) is 0 Å². The van der Waals surface area contributed by atoms with Crippen molar-refractivity contribution >= 4 is 37.6 Å². The monoisotopic (exact) mass is 391 g/mol. The van der Waals surface area contributed by atoms with Gasteiger partial charge in [-0.15, -0.1) is 11.3 Å². The van der Waals surface area contributed by atoms with Crippen molar-refractivity contribution < 1.29 is 4.74 Å². The average molecular weight is 392 g/mol. The minimum Gasteiger partial charge on any atom is -0.370 e. The standard InChI is InChI=1S/C21H21N5OS/c1-21(2)10-16-14(11-27-21)9-15-17-18(28-20(15)26-16)19(25-12-24-17)23-8-5-13-3-6-22-7-4-13/h3-4,6-7,9,12H,5,8,10-11H2,1-2H3,(H,23,24,25). The highest BCUT2D eigenvalue weighted by Gasteiger charge is 2.28. The predicted octanol–water partition coefficient (Wildman–Crippen LogP) is 4.14. The van der Waals surface area contributed by atoms with Gasteiger partial charge in [-0.25, -0.2) is 15.0 Å². The van der Waals surface area contributed by atoms with Gasteiger partial charge in [0.2, 0.25) is 0 Å². The Morgan fingerprint density at radius 3 is 2.93 bits per heavy atom. The Morgan fingerprint density at radius 2 is 2.07 bits per heavy atom. The fraction of sp³-hybridized carbons (Fsp3) is 0.333. The van der Waals surface area contributed by atoms with Crippen LogP contribution in [0.15, 0.2) is 36.9 Å². The molecule has 0 spiro atoms. The number of nitrogens with one attached hydrogen (secondary N) is 1. The number of fused-ring (bicyclic) bond motifs is 4. The van der Waals surface area contributed by atoms with Gasteiger partial charge in [-0.05, 0) is 44.0 Å². The maximum Gasteiger partial charge on any atom is 0.147 e. The first-order chi connectivity index (χ1) is 13.6. The van der Waals surface area contributed by atoms with Crippen molar-refractivity contribution in [1.82, 2.24) is 19.9 Å². The zero-order valence-corrected chi connectivity index (χ0v) is 16.7. The lowest BCUT2D eigenvalue weighted by Crippen LogP contribution is -2.32. The molecule has 0 fully saturated rings. The van der Waals surface area contributed by atoms with Crippen LogP contribution in [0.1, 0.15) is 30.7 Å². The molecule has 4 aromatic heterocycles. The van der Waals surface area contributed by atoms with Crippen molar-refractivity contribution in [3.05, 3.63) is 53.7 Å². The second-order valence-corrected chi connectivity index (χ2v) is 8.71. The van der Waals surface area contributed by atoms with E-state index in [1.54, 1.807) is 17.7 Å². The van der Waals surface area contributed by atoms with Crippen LogP contribution in [0.25, 0.3) is 20.4 Å². The highest BCUT2D eigenvalue weighted by atomic mass is 32.1. The van der Waals surface area contributed by atoms with Gasteiger partial charge >= 0.3 is 0 Å². The summed E-state index contributed by atoms with van der Waals surface area (Å²) in [5, 5.41) is 4.55. The lowest BCUT2D eigenvalue weighted by Gasteiger charge is -2.30. The summed E-state index contributed by atoms with van der Waals surface area (Å²) in [6, 6.07) is 6.27. The van der Waals surface area contributed by atoms with Crippen LogP contribution in [0.3, 0.4) is 0 Å². The topological polar surface area (TPSA) is 72.8 Å². The second kappa shape index (κ2) is 6.76. The predicted molar refractivity (Wildman–Crippen MR) is 112 cm³/mol. The molecule has 0 aromatic carbocycles. The molecule has 0 atom stereocenters. The van der Waals surface area contributed by atoms with Crippen molar-refractivity contribution in [1.29, 1.82) is 0 Å². The largest absolute Gasteiger partial charge is 0.370 e. The van der Waals surface area contributed by atoms with E-state index >= 15 is 0 Å². The van der Waals surface area contributed by atoms with Crippen molar-refractivity contribution in [2.45, 2.75) is 38.9 Å². The van der Waals surface area contributed by atoms with Gasteiger partial charge in [0.05, 0.1) is 28.1 Å². The number of rotatable bonds is 4. The molecule has 1 aliphatic rings. The van der Waals surface area contributed by atoms with Crippen LogP contribution in [0.2, 0.25) is 0 Å². The van der Waals surface area contributed by atoms with Gasteiger partial charge in [0.25, 0.3) is 0 Å². The minimum absolute atomic E-state index is 0.163. The van der Waals surface area contributed by atoms with E-state index in [0.29, 0.717) is 6.61 Å². The number of ether oxygens (including phenoxy) is 1. The van der Waals surface area contributed by atoms with Gasteiger partial charge in [-0.3, -0.25) is 4.98 Å². The van der Waals surface area contributed by atoms with Crippen LogP contribution in [0.4, 0.5) is 5.82 Å². The lowest BCUT2D eigenvalue weighted by molar-refractivity contribution is -0.0411. The van der Waals surface area contributed by atoms with Crippen molar-refractivity contribution in [2.24, 2.45) is 0 Å². The molecular weight excluding hydrogens is 370 g/mol. The van der Waals surface area contributed by atoms with E-state index < -0.39 is 0 Å². The number of aromatic nitrogens is 4. The number of nitrogens with zero attached hydrogens (tertiary/aromatic N) is 4. The number of anilines is 1. The van der Waals surface area contributed by atoms with E-state index in [9.17, 15) is 0 Å². The van der Waals surface area contributed by atoms with Gasteiger partial charge < -0.3 is 10.1 Å². The molecule has 0 aliphatic carbocycles. The Bertz CT molecular complexity index is 1160. The first-order valence-electron chi connectivity index (χ1n) is 9.42. The molecule has 28 heavy (non-hydrogen) atoms. The van der Waals surface area contributed by atoms with Gasteiger partial charge in [0.15, 0.2) is 0 Å². The summed E-state index contributed by atoms with van der Waals surface area (Å²) >= 11 is 1.66. The molecular formula is C21H21N5OS. The zero-order chi connectivity index (χ0) is 19.1. The molecule has 5 heterocycles. The highest BCUT2D eigenvalue weighted by Crippen LogP contribution is 2.37. The smallest absolute Gasteiger partial charge is 0.147 e. The van der Waals surface area contributed by atoms with Gasteiger partial charge in [0.1, 0.15) is 17.0 Å². The molecule has 6 nitrogen and oxygen atoms in total. The number of hydrogen-bond acceptors (Lipinski definition) is 7. The third-order valence-electron chi connectivity index (χ3n) is 5.08. The molecule has 0 unspecified atom stereocenters. The quantitative estimate of drug-likeness (QED) is 0.564. The molecule has 1 aliphatic heterocycles. The fourth-order valence-corrected chi connectivity index (χ4v) is 4.68. The zero-order valence-electron chi connectivity index (χ0n) is 15.9. The average Bonchev–Trinajstić information content (AvgIpc) is 3.05. The summed E-state index contributed by atoms with van der Waals surface area (Å²) in [4.78, 5) is 19.1. The summed E-state index contributed by atoms with van der Waals surface area (Å²) in [6.45, 7) is 5.63. The summed E-state index contributed by atoms with van der Waals surface area (Å²) in [5.41, 5.74) is 4.35. The Balaban J connectivity index is 1.48. The molecule has 0 amide bonds. The normalized spacial score (nSPS) is 15.6. The van der Waals surface area contributed by atoms with E-state index in [2.05, 4.69) is 40.2 Å². The highest BCUT2D eigenvalue weighted by molar-refractivity contribution is 7.25. The molecule has 4 aromatic rings. The Hall–Kier alpha value is -2.64. The Morgan fingerprint density at radius 1 is 1.21 bits per heavy atom. The van der Waals surface area contributed by atoms with Gasteiger partial charge in [-0.2, -0.15) is 0 Å². The summed E-state index contributed by atoms with van der Waals surface area (Å²) in [6.07, 6.45) is 7.01. The van der Waals surface area contributed by atoms with E-state index in [1.807, 2.05) is 24.5 Å². The van der Waals surface area contributed by atoms with Crippen LogP contribution >= 0.6 is 11.3 Å². The number of hydrogen-bond donors (Lipinski definition) is 1. The SMILES string of the molecule is CC1(C)Cc2nc3sc4c(NCCc5ccncc5)ncnc4c3cc2CO1. The minimum atomic E-state index is -0.163. The first-order valence-corrected chi connectivity index (χ1v) is 10.2. The summed E-state index contributed by atoms with van der Waals surface area (Å²) in [5.74, 6) is 0.872. The van der Waals surface area contributed by atoms with Gasteiger partial charge in [0, 0.05) is 36.3 Å². The van der Waals surface area contributed by atoms with E-state index in [-0.39, 0.29) is 5.60 Å². The van der Waals surface area contributed by atoms with Crippen LogP contribution in [-0.4, -0.2) is 32.1 Å². The maximum atomic E-state index is 5.96. The van der Waals surface area contributed by atoms with Crippen molar-refractivity contribution in [2.75, 3.05) is 11.9 Å². The van der Waals surface area contributed by atoms with Crippen LogP contribution in [-0.2, 0) is 24.2 Å². The molecule has 0 saturated carbocycles. The first kappa shape index (κ1) is 17.5. The van der Waals surface area contributed by atoms with Crippen LogP contribution in [0, 0.1) is 0 Å². The molecule has 7 heteroatoms. The molecule has 1 N–H and O–H groups in total. The molecule has 0 saturated heterocycles.